The van der Waals surface area contributed by atoms with Gasteiger partial charge in [-0.25, -0.2) is 0 Å². The van der Waals surface area contributed by atoms with Crippen LogP contribution in [0.4, 0.5) is 0 Å². The number of halogens is 1. The predicted molar refractivity (Wildman–Crippen MR) is 71.8 cm³/mol. The van der Waals surface area contributed by atoms with E-state index < -0.39 is 10.8 Å². The van der Waals surface area contributed by atoms with Crippen LogP contribution in [-0.2, 0) is 10.8 Å². The van der Waals surface area contributed by atoms with Crippen molar-refractivity contribution >= 4 is 22.4 Å². The molecule has 0 radical (unpaired) electrons. The van der Waals surface area contributed by atoms with Gasteiger partial charge in [0.05, 0.1) is 21.4 Å². The van der Waals surface area contributed by atoms with Crippen molar-refractivity contribution in [1.29, 1.82) is 0 Å². The highest BCUT2D eigenvalue weighted by atomic mass is 35.5. The summed E-state index contributed by atoms with van der Waals surface area (Å²) < 4.78 is 12.6. The maximum atomic E-state index is 12.6. The molecular formula is C14H17ClOS. The first kappa shape index (κ1) is 11.7. The van der Waals surface area contributed by atoms with Gasteiger partial charge in [0, 0.05) is 4.90 Å². The van der Waals surface area contributed by atoms with Crippen molar-refractivity contribution in [3.8, 4) is 0 Å². The highest BCUT2D eigenvalue weighted by Gasteiger charge is 2.49. The van der Waals surface area contributed by atoms with Crippen molar-refractivity contribution < 1.29 is 4.21 Å². The largest absolute Gasteiger partial charge is 0.254 e. The fourth-order valence-corrected chi connectivity index (χ4v) is 5.78. The van der Waals surface area contributed by atoms with Crippen molar-refractivity contribution in [2.24, 2.45) is 11.8 Å². The Balaban J connectivity index is 1.85. The first-order chi connectivity index (χ1) is 8.16. The molecule has 0 N–H and O–H groups in total. The Kier molecular flexibility index (Phi) is 3.04. The zero-order valence-electron chi connectivity index (χ0n) is 9.93. The van der Waals surface area contributed by atoms with Gasteiger partial charge < -0.3 is 0 Å². The molecule has 92 valence electrons. The van der Waals surface area contributed by atoms with Gasteiger partial charge in [-0.15, -0.1) is 11.6 Å². The third-order valence-electron chi connectivity index (χ3n) is 4.24. The number of rotatable bonds is 2. The molecule has 0 heterocycles. The summed E-state index contributed by atoms with van der Waals surface area (Å²) in [5.41, 5.74) is 1.21. The molecule has 1 aromatic rings. The summed E-state index contributed by atoms with van der Waals surface area (Å²) in [4.78, 5) is 0.943. The first-order valence-corrected chi connectivity index (χ1v) is 7.93. The van der Waals surface area contributed by atoms with Gasteiger partial charge in [-0.1, -0.05) is 17.7 Å². The van der Waals surface area contributed by atoms with Gasteiger partial charge in [0.2, 0.25) is 0 Å². The van der Waals surface area contributed by atoms with Crippen LogP contribution in [0.3, 0.4) is 0 Å². The molecule has 1 aromatic carbocycles. The topological polar surface area (TPSA) is 17.1 Å². The second-order valence-corrected chi connectivity index (χ2v) is 7.47. The Labute approximate surface area is 110 Å². The summed E-state index contributed by atoms with van der Waals surface area (Å²) >= 11 is 6.46. The van der Waals surface area contributed by atoms with E-state index in [1.165, 1.54) is 24.8 Å². The number of alkyl halides is 1. The molecule has 1 nitrogen and oxygen atoms in total. The SMILES string of the molecule is Cc1ccc(S(=O)C2C3CCC(C3)C2Cl)cc1. The van der Waals surface area contributed by atoms with E-state index in [1.807, 2.05) is 24.3 Å². The van der Waals surface area contributed by atoms with Crippen LogP contribution >= 0.6 is 11.6 Å². The Hall–Kier alpha value is -0.340. The lowest BCUT2D eigenvalue weighted by molar-refractivity contribution is 0.488. The highest BCUT2D eigenvalue weighted by molar-refractivity contribution is 7.85. The van der Waals surface area contributed by atoms with Crippen LogP contribution in [-0.4, -0.2) is 14.8 Å². The molecule has 2 aliphatic rings. The summed E-state index contributed by atoms with van der Waals surface area (Å²) in [6, 6.07) is 8.04. The highest BCUT2D eigenvalue weighted by Crippen LogP contribution is 2.50. The second kappa shape index (κ2) is 4.40. The quantitative estimate of drug-likeness (QED) is 0.751. The number of fused-ring (bicyclic) bond motifs is 2. The Bertz CT molecular complexity index is 440. The minimum absolute atomic E-state index is 0.121. The summed E-state index contributed by atoms with van der Waals surface area (Å²) in [6.07, 6.45) is 3.65. The van der Waals surface area contributed by atoms with Gasteiger partial charge in [-0.2, -0.15) is 0 Å². The van der Waals surface area contributed by atoms with E-state index in [4.69, 9.17) is 11.6 Å². The normalized spacial score (nSPS) is 37.3. The van der Waals surface area contributed by atoms with E-state index >= 15 is 0 Å². The molecule has 0 aromatic heterocycles. The number of hydrogen-bond donors (Lipinski definition) is 0. The van der Waals surface area contributed by atoms with Crippen molar-refractivity contribution in [2.75, 3.05) is 0 Å². The smallest absolute Gasteiger partial charge is 0.0589 e. The molecule has 0 spiro atoms. The lowest BCUT2D eigenvalue weighted by Crippen LogP contribution is -2.32. The first-order valence-electron chi connectivity index (χ1n) is 6.28. The lowest BCUT2D eigenvalue weighted by Gasteiger charge is -2.25. The third kappa shape index (κ3) is 1.96. The summed E-state index contributed by atoms with van der Waals surface area (Å²) in [7, 11) is -0.929. The van der Waals surface area contributed by atoms with Crippen molar-refractivity contribution in [3.63, 3.8) is 0 Å². The van der Waals surface area contributed by atoms with Gasteiger partial charge >= 0.3 is 0 Å². The monoisotopic (exact) mass is 268 g/mol. The van der Waals surface area contributed by atoms with Crippen LogP contribution in [0.2, 0.25) is 0 Å². The molecule has 2 aliphatic carbocycles. The van der Waals surface area contributed by atoms with E-state index in [0.717, 1.165) is 4.90 Å². The summed E-state index contributed by atoms with van der Waals surface area (Å²) in [5, 5.41) is 0.300. The van der Waals surface area contributed by atoms with E-state index in [-0.39, 0.29) is 10.6 Å². The van der Waals surface area contributed by atoms with Crippen LogP contribution in [0.25, 0.3) is 0 Å². The van der Waals surface area contributed by atoms with Gasteiger partial charge in [0.1, 0.15) is 0 Å². The molecule has 0 amide bonds. The summed E-state index contributed by atoms with van der Waals surface area (Å²) in [6.45, 7) is 2.05. The molecule has 2 saturated carbocycles. The average molecular weight is 269 g/mol. The van der Waals surface area contributed by atoms with Gasteiger partial charge in [0.25, 0.3) is 0 Å². The van der Waals surface area contributed by atoms with Gasteiger partial charge in [0.15, 0.2) is 0 Å². The molecule has 3 heteroatoms. The van der Waals surface area contributed by atoms with Crippen molar-refractivity contribution in [3.05, 3.63) is 29.8 Å². The van der Waals surface area contributed by atoms with Crippen molar-refractivity contribution in [1.82, 2.24) is 0 Å². The van der Waals surface area contributed by atoms with E-state index in [0.29, 0.717) is 11.8 Å². The third-order valence-corrected chi connectivity index (χ3v) is 6.93. The minimum atomic E-state index is -0.929. The van der Waals surface area contributed by atoms with Crippen LogP contribution in [0.5, 0.6) is 0 Å². The maximum Gasteiger partial charge on any atom is 0.0589 e. The van der Waals surface area contributed by atoms with E-state index in [1.54, 1.807) is 0 Å². The molecule has 0 saturated heterocycles. The lowest BCUT2D eigenvalue weighted by atomic mass is 10.00. The standard InChI is InChI=1S/C14H17ClOS/c1-9-2-6-12(7-3-9)17(16)14-11-5-4-10(8-11)13(14)15/h2-3,6-7,10-11,13-14H,4-5,8H2,1H3. The zero-order valence-corrected chi connectivity index (χ0v) is 11.5. The molecule has 5 unspecified atom stereocenters. The molecule has 3 rings (SSSR count). The number of aryl methyl sites for hydroxylation is 1. The maximum absolute atomic E-state index is 12.6. The van der Waals surface area contributed by atoms with Crippen LogP contribution in [0.1, 0.15) is 24.8 Å². The zero-order chi connectivity index (χ0) is 12.0. The fraction of sp³-hybridized carbons (Fsp3) is 0.571. The Morgan fingerprint density at radius 1 is 1.18 bits per heavy atom. The fourth-order valence-electron chi connectivity index (χ4n) is 3.29. The Morgan fingerprint density at radius 3 is 2.41 bits per heavy atom. The van der Waals surface area contributed by atoms with Gasteiger partial charge in [-0.05, 0) is 50.2 Å². The molecular weight excluding hydrogens is 252 g/mol. The molecule has 2 bridgehead atoms. The number of benzene rings is 1. The molecule has 2 fully saturated rings. The second-order valence-electron chi connectivity index (χ2n) is 5.35. The number of hydrogen-bond acceptors (Lipinski definition) is 1. The summed E-state index contributed by atoms with van der Waals surface area (Å²) in [5.74, 6) is 1.20. The van der Waals surface area contributed by atoms with Crippen LogP contribution in [0.15, 0.2) is 29.2 Å². The van der Waals surface area contributed by atoms with E-state index in [2.05, 4.69) is 6.92 Å². The minimum Gasteiger partial charge on any atom is -0.254 e. The van der Waals surface area contributed by atoms with E-state index in [9.17, 15) is 4.21 Å². The van der Waals surface area contributed by atoms with Gasteiger partial charge in [-0.3, -0.25) is 4.21 Å². The van der Waals surface area contributed by atoms with Crippen LogP contribution < -0.4 is 0 Å². The van der Waals surface area contributed by atoms with Crippen molar-refractivity contribution in [2.45, 2.75) is 41.7 Å². The Morgan fingerprint density at radius 2 is 1.82 bits per heavy atom. The molecule has 17 heavy (non-hydrogen) atoms. The predicted octanol–water partition coefficient (Wildman–Crippen LogP) is 3.51. The average Bonchev–Trinajstić information content (AvgIpc) is 2.89. The van der Waals surface area contributed by atoms with Crippen LogP contribution in [0, 0.1) is 18.8 Å². The molecule has 0 aliphatic heterocycles. The molecule has 5 atom stereocenters.